The molecule has 0 unspecified atom stereocenters. The third-order valence-electron chi connectivity index (χ3n) is 3.46. The molecule has 2 rings (SSSR count). The van der Waals surface area contributed by atoms with E-state index in [1.165, 1.54) is 6.92 Å². The lowest BCUT2D eigenvalue weighted by atomic mass is 10.2. The first-order valence-electron chi connectivity index (χ1n) is 8.03. The molecule has 2 aromatic rings. The molecule has 0 aliphatic carbocycles. The maximum absolute atomic E-state index is 12.7. The van der Waals surface area contributed by atoms with E-state index in [-0.39, 0.29) is 25.2 Å². The van der Waals surface area contributed by atoms with E-state index in [0.717, 1.165) is 11.1 Å². The van der Waals surface area contributed by atoms with Crippen molar-refractivity contribution in [3.63, 3.8) is 0 Å². The summed E-state index contributed by atoms with van der Waals surface area (Å²) in [5.74, 6) is -0.197. The summed E-state index contributed by atoms with van der Waals surface area (Å²) >= 11 is 0. The Labute approximate surface area is 143 Å². The van der Waals surface area contributed by atoms with Crippen LogP contribution in [-0.4, -0.2) is 25.2 Å². The van der Waals surface area contributed by atoms with Crippen LogP contribution in [0.25, 0.3) is 0 Å². The van der Waals surface area contributed by atoms with Crippen molar-refractivity contribution in [2.45, 2.75) is 19.8 Å². The highest BCUT2D eigenvalue weighted by Gasteiger charge is 2.26. The van der Waals surface area contributed by atoms with Gasteiger partial charge < -0.3 is 9.05 Å². The van der Waals surface area contributed by atoms with Crippen LogP contribution in [0.4, 0.5) is 0 Å². The highest BCUT2D eigenvalue weighted by Crippen LogP contribution is 2.48. The molecule has 0 fully saturated rings. The maximum atomic E-state index is 12.7. The molecular weight excluding hydrogens is 323 g/mol. The van der Waals surface area contributed by atoms with Gasteiger partial charge in [-0.2, -0.15) is 0 Å². The molecule has 0 heterocycles. The van der Waals surface area contributed by atoms with Crippen molar-refractivity contribution >= 4 is 13.4 Å². The first kappa shape index (κ1) is 18.6. The van der Waals surface area contributed by atoms with E-state index >= 15 is 0 Å². The van der Waals surface area contributed by atoms with Crippen molar-refractivity contribution < 1.29 is 18.4 Å². The van der Waals surface area contributed by atoms with Crippen molar-refractivity contribution in [2.75, 3.05) is 19.4 Å². The van der Waals surface area contributed by atoms with Crippen molar-refractivity contribution in [1.82, 2.24) is 0 Å². The minimum absolute atomic E-state index is 0.184. The highest BCUT2D eigenvalue weighted by molar-refractivity contribution is 7.54. The fourth-order valence-electron chi connectivity index (χ4n) is 2.30. The van der Waals surface area contributed by atoms with Gasteiger partial charge in [0, 0.05) is 0 Å². The molecule has 4 nitrogen and oxygen atoms in total. The van der Waals surface area contributed by atoms with Crippen LogP contribution >= 0.6 is 7.60 Å². The Morgan fingerprint density at radius 2 is 1.25 bits per heavy atom. The van der Waals surface area contributed by atoms with Gasteiger partial charge in [0.15, 0.2) is 0 Å². The van der Waals surface area contributed by atoms with Gasteiger partial charge >= 0.3 is 7.60 Å². The predicted molar refractivity (Wildman–Crippen MR) is 95.4 cm³/mol. The first-order chi connectivity index (χ1) is 11.6. The van der Waals surface area contributed by atoms with E-state index in [0.29, 0.717) is 12.8 Å². The van der Waals surface area contributed by atoms with Gasteiger partial charge in [0.1, 0.15) is 11.9 Å². The van der Waals surface area contributed by atoms with Crippen LogP contribution in [0.2, 0.25) is 0 Å². The number of ketones is 1. The Morgan fingerprint density at radius 1 is 0.833 bits per heavy atom. The Bertz CT molecular complexity index is 621. The number of hydrogen-bond donors (Lipinski definition) is 0. The number of rotatable bonds is 10. The second kappa shape index (κ2) is 9.53. The Kier molecular flexibility index (Phi) is 7.38. The summed E-state index contributed by atoms with van der Waals surface area (Å²) in [6.07, 6.45) is 1.08. The second-order valence-corrected chi connectivity index (χ2v) is 7.66. The molecule has 0 amide bonds. The lowest BCUT2D eigenvalue weighted by Gasteiger charge is -2.17. The predicted octanol–water partition coefficient (Wildman–Crippen LogP) is 4.29. The number of benzene rings is 2. The lowest BCUT2D eigenvalue weighted by molar-refractivity contribution is -0.114. The van der Waals surface area contributed by atoms with Gasteiger partial charge in [0.2, 0.25) is 0 Å². The third kappa shape index (κ3) is 6.79. The lowest BCUT2D eigenvalue weighted by Crippen LogP contribution is -2.10. The molecule has 24 heavy (non-hydrogen) atoms. The van der Waals surface area contributed by atoms with Crippen LogP contribution in [-0.2, 0) is 31.2 Å². The summed E-state index contributed by atoms with van der Waals surface area (Å²) in [4.78, 5) is 11.4. The molecule has 0 saturated heterocycles. The number of carbonyl (C=O) groups excluding carboxylic acids is 1. The van der Waals surface area contributed by atoms with Crippen LogP contribution < -0.4 is 0 Å². The highest BCUT2D eigenvalue weighted by atomic mass is 31.2. The topological polar surface area (TPSA) is 52.6 Å². The Hall–Kier alpha value is -1.74. The summed E-state index contributed by atoms with van der Waals surface area (Å²) in [6, 6.07) is 19.6. The summed E-state index contributed by atoms with van der Waals surface area (Å²) in [7, 11) is -3.40. The van der Waals surface area contributed by atoms with Crippen molar-refractivity contribution in [1.29, 1.82) is 0 Å². The van der Waals surface area contributed by atoms with Crippen molar-refractivity contribution in [3.8, 4) is 0 Å². The molecule has 0 aliphatic rings. The molecule has 0 saturated carbocycles. The summed E-state index contributed by atoms with van der Waals surface area (Å²) < 4.78 is 23.7. The minimum atomic E-state index is -3.40. The first-order valence-corrected chi connectivity index (χ1v) is 9.76. The summed E-state index contributed by atoms with van der Waals surface area (Å²) in [5.41, 5.74) is 2.19. The minimum Gasteiger partial charge on any atom is -0.308 e. The average Bonchev–Trinajstić information content (AvgIpc) is 2.56. The van der Waals surface area contributed by atoms with Gasteiger partial charge in [-0.1, -0.05) is 60.7 Å². The number of Topliss-reactive ketones (excluding diaryl/α,β-unsaturated/α-hetero) is 1. The zero-order valence-electron chi connectivity index (χ0n) is 13.9. The van der Waals surface area contributed by atoms with Gasteiger partial charge in [-0.05, 0) is 30.9 Å². The monoisotopic (exact) mass is 346 g/mol. The van der Waals surface area contributed by atoms with Gasteiger partial charge in [-0.15, -0.1) is 0 Å². The number of carbonyl (C=O) groups is 1. The van der Waals surface area contributed by atoms with Crippen molar-refractivity contribution in [2.24, 2.45) is 0 Å². The van der Waals surface area contributed by atoms with Crippen LogP contribution in [0.3, 0.4) is 0 Å². The quantitative estimate of drug-likeness (QED) is 0.602. The molecule has 5 heteroatoms. The Balaban J connectivity index is 1.85. The van der Waals surface area contributed by atoms with E-state index in [9.17, 15) is 9.36 Å². The third-order valence-corrected chi connectivity index (χ3v) is 5.44. The van der Waals surface area contributed by atoms with Crippen LogP contribution in [0, 0.1) is 0 Å². The molecule has 128 valence electrons. The fraction of sp³-hybridized carbons (Fsp3) is 0.316. The van der Waals surface area contributed by atoms with Crippen LogP contribution in [0.1, 0.15) is 18.1 Å². The molecule has 0 spiro atoms. The Morgan fingerprint density at radius 3 is 1.62 bits per heavy atom. The molecule has 0 aliphatic heterocycles. The van der Waals surface area contributed by atoms with Gasteiger partial charge in [0.05, 0.1) is 13.2 Å². The molecule has 0 atom stereocenters. The average molecular weight is 346 g/mol. The summed E-state index contributed by atoms with van der Waals surface area (Å²) in [6.45, 7) is 1.92. The molecular formula is C19H23O4P. The zero-order chi connectivity index (χ0) is 17.3. The normalized spacial score (nSPS) is 11.4. The molecule has 2 aromatic carbocycles. The molecule has 0 aromatic heterocycles. The van der Waals surface area contributed by atoms with Crippen LogP contribution in [0.15, 0.2) is 60.7 Å². The smallest absolute Gasteiger partial charge is 0.308 e. The summed E-state index contributed by atoms with van der Waals surface area (Å²) in [5, 5.41) is 0. The second-order valence-electron chi connectivity index (χ2n) is 5.61. The van der Waals surface area contributed by atoms with E-state index in [1.54, 1.807) is 0 Å². The van der Waals surface area contributed by atoms with Crippen molar-refractivity contribution in [3.05, 3.63) is 71.8 Å². The SMILES string of the molecule is CC(=O)CP(=O)(OCCc1ccccc1)OCCc1ccccc1. The standard InChI is InChI=1S/C19H23O4P/c1-17(20)16-24(21,22-14-12-18-8-4-2-5-9-18)23-15-13-19-10-6-3-7-11-19/h2-11H,12-16H2,1H3. The number of hydrogen-bond acceptors (Lipinski definition) is 4. The van der Waals surface area contributed by atoms with Gasteiger partial charge in [-0.25, -0.2) is 0 Å². The van der Waals surface area contributed by atoms with E-state index in [2.05, 4.69) is 0 Å². The largest absolute Gasteiger partial charge is 0.338 e. The molecule has 0 N–H and O–H groups in total. The van der Waals surface area contributed by atoms with Gasteiger partial charge in [0.25, 0.3) is 0 Å². The molecule has 0 radical (unpaired) electrons. The van der Waals surface area contributed by atoms with Gasteiger partial charge in [-0.3, -0.25) is 9.36 Å². The maximum Gasteiger partial charge on any atom is 0.338 e. The molecule has 0 bridgehead atoms. The van der Waals surface area contributed by atoms with E-state index in [4.69, 9.17) is 9.05 Å². The van der Waals surface area contributed by atoms with Crippen LogP contribution in [0.5, 0.6) is 0 Å². The zero-order valence-corrected chi connectivity index (χ0v) is 14.8. The van der Waals surface area contributed by atoms with E-state index in [1.807, 2.05) is 60.7 Å². The van der Waals surface area contributed by atoms with E-state index < -0.39 is 7.60 Å². The fourth-order valence-corrected chi connectivity index (χ4v) is 3.84.